The second kappa shape index (κ2) is 9.12. The molecule has 0 aromatic heterocycles. The number of phenols is 1. The highest BCUT2D eigenvalue weighted by atomic mass is 35.5. The third kappa shape index (κ3) is 6.08. The summed E-state index contributed by atoms with van der Waals surface area (Å²) in [5.41, 5.74) is -0.112. The fourth-order valence-electron chi connectivity index (χ4n) is 1.95. The summed E-state index contributed by atoms with van der Waals surface area (Å²) in [6.45, 7) is 3.20. The Hall–Kier alpha value is -2.28. The Morgan fingerprint density at radius 1 is 1.29 bits per heavy atom. The van der Waals surface area contributed by atoms with E-state index < -0.39 is 30.5 Å². The maximum atomic E-state index is 11.9. The number of nitrogens with one attached hydrogen (secondary N) is 1. The van der Waals surface area contributed by atoms with E-state index >= 15 is 0 Å². The minimum Gasteiger partial charge on any atom is -0.507 e. The summed E-state index contributed by atoms with van der Waals surface area (Å²) in [6.07, 6.45) is 0.393. The van der Waals surface area contributed by atoms with Gasteiger partial charge in [-0.05, 0) is 30.5 Å². The second-order valence-electron chi connectivity index (χ2n) is 5.51. The Bertz CT molecular complexity index is 617. The molecule has 0 aliphatic carbocycles. The molecular weight excluding hydrogens is 338 g/mol. The summed E-state index contributed by atoms with van der Waals surface area (Å²) in [5.74, 6) is -2.28. The van der Waals surface area contributed by atoms with Crippen LogP contribution in [0.25, 0.3) is 0 Å². The molecule has 8 heteroatoms. The van der Waals surface area contributed by atoms with E-state index in [9.17, 15) is 19.5 Å². The van der Waals surface area contributed by atoms with Crippen molar-refractivity contribution in [3.8, 4) is 5.75 Å². The number of aromatic hydroxyl groups is 1. The highest BCUT2D eigenvalue weighted by Gasteiger charge is 2.23. The normalized spacial score (nSPS) is 11.7. The molecule has 0 bridgehead atoms. The second-order valence-corrected chi connectivity index (χ2v) is 5.95. The number of hydrogen-bond acceptors (Lipinski definition) is 6. The molecule has 0 saturated carbocycles. The van der Waals surface area contributed by atoms with Crippen LogP contribution in [-0.4, -0.2) is 42.7 Å². The van der Waals surface area contributed by atoms with Gasteiger partial charge >= 0.3 is 11.9 Å². The van der Waals surface area contributed by atoms with E-state index in [1.165, 1.54) is 25.3 Å². The lowest BCUT2D eigenvalue weighted by atomic mass is 10.0. The monoisotopic (exact) mass is 357 g/mol. The van der Waals surface area contributed by atoms with Gasteiger partial charge in [-0.3, -0.25) is 4.79 Å². The number of phenolic OH excluding ortho intramolecular Hbond substituents is 1. The quantitative estimate of drug-likeness (QED) is 0.723. The number of hydrogen-bond donors (Lipinski definition) is 2. The topological polar surface area (TPSA) is 102 Å². The van der Waals surface area contributed by atoms with Gasteiger partial charge in [0.05, 0.1) is 7.11 Å². The van der Waals surface area contributed by atoms with Crippen LogP contribution in [0.2, 0.25) is 5.02 Å². The number of halogens is 1. The molecule has 132 valence electrons. The summed E-state index contributed by atoms with van der Waals surface area (Å²) in [7, 11) is 1.23. The van der Waals surface area contributed by atoms with Gasteiger partial charge in [0.25, 0.3) is 5.91 Å². The van der Waals surface area contributed by atoms with Crippen LogP contribution in [0.4, 0.5) is 0 Å². The van der Waals surface area contributed by atoms with Gasteiger partial charge in [0.15, 0.2) is 6.61 Å². The van der Waals surface area contributed by atoms with Crippen molar-refractivity contribution in [2.45, 2.75) is 26.3 Å². The molecule has 0 aliphatic heterocycles. The van der Waals surface area contributed by atoms with Crippen molar-refractivity contribution in [2.75, 3.05) is 13.7 Å². The molecule has 2 N–H and O–H groups in total. The van der Waals surface area contributed by atoms with E-state index in [4.69, 9.17) is 16.3 Å². The number of carbonyl (C=O) groups excluding carboxylic acids is 3. The first kappa shape index (κ1) is 19.8. The van der Waals surface area contributed by atoms with E-state index in [0.29, 0.717) is 6.42 Å². The van der Waals surface area contributed by atoms with Gasteiger partial charge in [0.2, 0.25) is 0 Å². The third-order valence-electron chi connectivity index (χ3n) is 3.04. The standard InChI is InChI=1S/C16H20ClNO6/c1-9(2)6-12(16(22)23-3)18-14(20)8-24-15(21)11-5-4-10(17)7-13(11)19/h4-5,7,9,12,19H,6,8H2,1-3H3,(H,18,20). The number of ether oxygens (including phenoxy) is 2. The number of esters is 2. The molecule has 0 aliphatic rings. The SMILES string of the molecule is COC(=O)C(CC(C)C)NC(=O)COC(=O)c1ccc(Cl)cc1O. The van der Waals surface area contributed by atoms with Crippen LogP contribution >= 0.6 is 11.6 Å². The minimum absolute atomic E-state index is 0.112. The van der Waals surface area contributed by atoms with Gasteiger partial charge in [-0.15, -0.1) is 0 Å². The average Bonchev–Trinajstić information content (AvgIpc) is 2.50. The van der Waals surface area contributed by atoms with Gasteiger partial charge in [-0.2, -0.15) is 0 Å². The van der Waals surface area contributed by atoms with Crippen molar-refractivity contribution in [1.82, 2.24) is 5.32 Å². The lowest BCUT2D eigenvalue weighted by Gasteiger charge is -2.18. The average molecular weight is 358 g/mol. The Morgan fingerprint density at radius 3 is 2.50 bits per heavy atom. The van der Waals surface area contributed by atoms with E-state index in [1.54, 1.807) is 0 Å². The van der Waals surface area contributed by atoms with Crippen LogP contribution in [0, 0.1) is 5.92 Å². The zero-order chi connectivity index (χ0) is 18.3. The summed E-state index contributed by atoms with van der Waals surface area (Å²) in [4.78, 5) is 35.3. The van der Waals surface area contributed by atoms with Crippen molar-refractivity contribution >= 4 is 29.4 Å². The fourth-order valence-corrected chi connectivity index (χ4v) is 2.12. The predicted molar refractivity (Wildman–Crippen MR) is 86.8 cm³/mol. The van der Waals surface area contributed by atoms with Crippen molar-refractivity contribution in [2.24, 2.45) is 5.92 Å². The van der Waals surface area contributed by atoms with E-state index in [1.807, 2.05) is 13.8 Å². The van der Waals surface area contributed by atoms with E-state index in [0.717, 1.165) is 0 Å². The Kier molecular flexibility index (Phi) is 7.51. The van der Waals surface area contributed by atoms with Gasteiger partial charge < -0.3 is 19.9 Å². The van der Waals surface area contributed by atoms with Crippen LogP contribution < -0.4 is 5.32 Å². The lowest BCUT2D eigenvalue weighted by Crippen LogP contribution is -2.44. The number of amides is 1. The van der Waals surface area contributed by atoms with Crippen molar-refractivity contribution in [3.63, 3.8) is 0 Å². The van der Waals surface area contributed by atoms with Crippen LogP contribution in [-0.2, 0) is 19.1 Å². The maximum Gasteiger partial charge on any atom is 0.342 e. The third-order valence-corrected chi connectivity index (χ3v) is 3.28. The fraction of sp³-hybridized carbons (Fsp3) is 0.438. The molecule has 1 rings (SSSR count). The number of methoxy groups -OCH3 is 1. The van der Waals surface area contributed by atoms with Gasteiger partial charge in [-0.1, -0.05) is 25.4 Å². The molecule has 1 aromatic carbocycles. The van der Waals surface area contributed by atoms with Crippen LogP contribution in [0.1, 0.15) is 30.6 Å². The van der Waals surface area contributed by atoms with Gasteiger partial charge in [-0.25, -0.2) is 9.59 Å². The highest BCUT2D eigenvalue weighted by molar-refractivity contribution is 6.30. The van der Waals surface area contributed by atoms with Gasteiger partial charge in [0, 0.05) is 5.02 Å². The predicted octanol–water partition coefficient (Wildman–Crippen LogP) is 1.91. The molecule has 7 nitrogen and oxygen atoms in total. The first-order valence-corrected chi connectivity index (χ1v) is 7.65. The van der Waals surface area contributed by atoms with Crippen molar-refractivity contribution < 1.29 is 29.0 Å². The Balaban J connectivity index is 2.60. The molecule has 24 heavy (non-hydrogen) atoms. The Labute approximate surface area is 144 Å². The zero-order valence-corrected chi connectivity index (χ0v) is 14.4. The van der Waals surface area contributed by atoms with Crippen molar-refractivity contribution in [3.05, 3.63) is 28.8 Å². The summed E-state index contributed by atoms with van der Waals surface area (Å²) < 4.78 is 9.45. The molecule has 1 amide bonds. The van der Waals surface area contributed by atoms with Crippen LogP contribution in [0.3, 0.4) is 0 Å². The van der Waals surface area contributed by atoms with E-state index in [2.05, 4.69) is 10.1 Å². The highest BCUT2D eigenvalue weighted by Crippen LogP contribution is 2.22. The first-order chi connectivity index (χ1) is 11.2. The number of carbonyl (C=O) groups is 3. The van der Waals surface area contributed by atoms with E-state index in [-0.39, 0.29) is 22.3 Å². The molecule has 1 aromatic rings. The largest absolute Gasteiger partial charge is 0.507 e. The summed E-state index contributed by atoms with van der Waals surface area (Å²) in [5, 5.41) is 12.3. The molecule has 0 spiro atoms. The molecule has 0 radical (unpaired) electrons. The zero-order valence-electron chi connectivity index (χ0n) is 13.7. The Morgan fingerprint density at radius 2 is 1.96 bits per heavy atom. The maximum absolute atomic E-state index is 11.9. The summed E-state index contributed by atoms with van der Waals surface area (Å²) >= 11 is 5.67. The minimum atomic E-state index is -0.877. The van der Waals surface area contributed by atoms with Crippen LogP contribution in [0.5, 0.6) is 5.75 Å². The molecule has 0 saturated heterocycles. The molecule has 1 unspecified atom stereocenters. The smallest absolute Gasteiger partial charge is 0.342 e. The molecule has 1 atom stereocenters. The lowest BCUT2D eigenvalue weighted by molar-refractivity contribution is -0.145. The summed E-state index contributed by atoms with van der Waals surface area (Å²) in [6, 6.07) is 3.07. The number of rotatable bonds is 7. The van der Waals surface area contributed by atoms with Gasteiger partial charge in [0.1, 0.15) is 17.4 Å². The molecule has 0 heterocycles. The molecular formula is C16H20ClNO6. The molecule has 0 fully saturated rings. The first-order valence-electron chi connectivity index (χ1n) is 7.27. The van der Waals surface area contributed by atoms with Crippen molar-refractivity contribution in [1.29, 1.82) is 0 Å². The number of benzene rings is 1. The van der Waals surface area contributed by atoms with Crippen LogP contribution in [0.15, 0.2) is 18.2 Å².